The van der Waals surface area contributed by atoms with Gasteiger partial charge in [-0.1, -0.05) is 43.0 Å². The molecule has 0 aliphatic heterocycles. The molecule has 0 saturated heterocycles. The van der Waals surface area contributed by atoms with Gasteiger partial charge in [0.1, 0.15) is 6.61 Å². The first-order valence-electron chi connectivity index (χ1n) is 8.52. The zero-order valence-electron chi connectivity index (χ0n) is 14.2. The highest BCUT2D eigenvalue weighted by molar-refractivity contribution is 5.29. The summed E-state index contributed by atoms with van der Waals surface area (Å²) in [5, 5.41) is 10.8. The Morgan fingerprint density at radius 3 is 2.83 bits per heavy atom. The van der Waals surface area contributed by atoms with Gasteiger partial charge in [0.05, 0.1) is 30.7 Å². The molecule has 0 heterocycles. The van der Waals surface area contributed by atoms with Crippen molar-refractivity contribution in [3.63, 3.8) is 0 Å². The Morgan fingerprint density at radius 2 is 2.12 bits per heavy atom. The number of ether oxygens (including phenoxy) is 3. The molecule has 4 rings (SSSR count). The van der Waals surface area contributed by atoms with Crippen LogP contribution in [0.25, 0.3) is 0 Å². The summed E-state index contributed by atoms with van der Waals surface area (Å²) in [6, 6.07) is 10.1. The zero-order valence-corrected chi connectivity index (χ0v) is 14.2. The smallest absolute Gasteiger partial charge is 0.105 e. The summed E-state index contributed by atoms with van der Waals surface area (Å²) in [6.07, 6.45) is 5.29. The van der Waals surface area contributed by atoms with Crippen LogP contribution in [0.2, 0.25) is 0 Å². The van der Waals surface area contributed by atoms with Gasteiger partial charge in [0.25, 0.3) is 0 Å². The number of hydrogen-bond donors (Lipinski definition) is 1. The average Bonchev–Trinajstić information content (AvgIpc) is 2.63. The maximum absolute atomic E-state index is 10.8. The molecule has 0 amide bonds. The topological polar surface area (TPSA) is 47.9 Å². The van der Waals surface area contributed by atoms with E-state index in [1.54, 1.807) is 19.4 Å². The third kappa shape index (κ3) is 3.27. The van der Waals surface area contributed by atoms with Gasteiger partial charge in [-0.15, -0.1) is 0 Å². The van der Waals surface area contributed by atoms with Gasteiger partial charge in [-0.2, -0.15) is 0 Å². The van der Waals surface area contributed by atoms with Crippen LogP contribution in [0.3, 0.4) is 0 Å². The van der Waals surface area contributed by atoms with E-state index in [0.717, 1.165) is 30.4 Å². The maximum atomic E-state index is 10.8. The highest BCUT2D eigenvalue weighted by Gasteiger charge is 2.55. The molecule has 1 aromatic carbocycles. The minimum absolute atomic E-state index is 0.00883. The van der Waals surface area contributed by atoms with Gasteiger partial charge in [-0.25, -0.2) is 0 Å². The van der Waals surface area contributed by atoms with E-state index in [1.807, 2.05) is 18.2 Å². The summed E-state index contributed by atoms with van der Waals surface area (Å²) in [5.41, 5.74) is 1.49. The SMILES string of the molecule is C=CCO/C=C1\[C@@H](O)[C@@H]2CC[C@@]1(OC)C[C@@H]2OCc1ccccc1. The summed E-state index contributed by atoms with van der Waals surface area (Å²) in [5.74, 6) is 0.0873. The van der Waals surface area contributed by atoms with Crippen LogP contribution in [0.4, 0.5) is 0 Å². The predicted molar refractivity (Wildman–Crippen MR) is 92.3 cm³/mol. The number of aliphatic hydroxyl groups is 1. The standard InChI is InChI=1S/C20H26O4/c1-3-11-23-14-17-19(21)16-9-10-20(17,22-2)12-18(16)24-13-15-7-5-4-6-8-15/h3-8,14,16,18-19,21H,1,9-13H2,2H3/b17-14+/t16-,18+,19+,20-/m1/s1. The molecule has 0 aromatic heterocycles. The van der Waals surface area contributed by atoms with Gasteiger partial charge in [0, 0.05) is 25.0 Å². The fourth-order valence-corrected chi connectivity index (χ4v) is 3.93. The van der Waals surface area contributed by atoms with Crippen molar-refractivity contribution < 1.29 is 19.3 Å². The van der Waals surface area contributed by atoms with Crippen LogP contribution < -0.4 is 0 Å². The molecule has 24 heavy (non-hydrogen) atoms. The third-order valence-corrected chi connectivity index (χ3v) is 5.26. The lowest BCUT2D eigenvalue weighted by atomic mass is 9.62. The maximum Gasteiger partial charge on any atom is 0.105 e. The van der Waals surface area contributed by atoms with E-state index in [1.165, 1.54) is 0 Å². The lowest BCUT2D eigenvalue weighted by molar-refractivity contribution is -0.161. The monoisotopic (exact) mass is 330 g/mol. The second kappa shape index (κ2) is 7.51. The van der Waals surface area contributed by atoms with E-state index in [-0.39, 0.29) is 12.0 Å². The van der Waals surface area contributed by atoms with Gasteiger partial charge in [0.15, 0.2) is 0 Å². The fraction of sp³-hybridized carbons (Fsp3) is 0.500. The lowest BCUT2D eigenvalue weighted by Gasteiger charge is -2.53. The van der Waals surface area contributed by atoms with Crippen molar-refractivity contribution in [2.45, 2.75) is 43.7 Å². The zero-order chi connectivity index (χ0) is 17.0. The van der Waals surface area contributed by atoms with Gasteiger partial charge in [-0.05, 0) is 18.4 Å². The summed E-state index contributed by atoms with van der Waals surface area (Å²) in [7, 11) is 1.70. The summed E-state index contributed by atoms with van der Waals surface area (Å²) >= 11 is 0. The summed E-state index contributed by atoms with van der Waals surface area (Å²) in [4.78, 5) is 0. The van der Waals surface area contributed by atoms with Gasteiger partial charge in [0.2, 0.25) is 0 Å². The fourth-order valence-electron chi connectivity index (χ4n) is 3.93. The molecule has 3 aliphatic carbocycles. The van der Waals surface area contributed by atoms with E-state index in [0.29, 0.717) is 13.2 Å². The van der Waals surface area contributed by atoms with Crippen LogP contribution in [0, 0.1) is 5.92 Å². The molecular weight excluding hydrogens is 304 g/mol. The van der Waals surface area contributed by atoms with E-state index < -0.39 is 11.7 Å². The molecule has 1 aromatic rings. The highest BCUT2D eigenvalue weighted by atomic mass is 16.5. The largest absolute Gasteiger partial charge is 0.497 e. The van der Waals surface area contributed by atoms with E-state index >= 15 is 0 Å². The highest BCUT2D eigenvalue weighted by Crippen LogP contribution is 2.50. The molecule has 4 atom stereocenters. The number of benzene rings is 1. The van der Waals surface area contributed by atoms with Crippen LogP contribution in [-0.2, 0) is 20.8 Å². The molecule has 0 unspecified atom stereocenters. The Kier molecular flexibility index (Phi) is 5.39. The van der Waals surface area contributed by atoms with Crippen molar-refractivity contribution in [2.75, 3.05) is 13.7 Å². The molecule has 0 spiro atoms. The van der Waals surface area contributed by atoms with Crippen LogP contribution in [0.5, 0.6) is 0 Å². The molecule has 4 heteroatoms. The molecule has 3 aliphatic rings. The molecule has 3 fully saturated rings. The Bertz CT molecular complexity index is 583. The van der Waals surface area contributed by atoms with Crippen molar-refractivity contribution in [2.24, 2.45) is 5.92 Å². The Morgan fingerprint density at radius 1 is 1.33 bits per heavy atom. The first-order chi connectivity index (χ1) is 11.7. The van der Waals surface area contributed by atoms with Crippen LogP contribution in [0.15, 0.2) is 54.8 Å². The van der Waals surface area contributed by atoms with Gasteiger partial charge < -0.3 is 19.3 Å². The average molecular weight is 330 g/mol. The van der Waals surface area contributed by atoms with E-state index in [4.69, 9.17) is 14.2 Å². The molecule has 2 bridgehead atoms. The Hall–Kier alpha value is -1.62. The number of hydrogen-bond acceptors (Lipinski definition) is 4. The second-order valence-electron chi connectivity index (χ2n) is 6.58. The van der Waals surface area contributed by atoms with Crippen LogP contribution in [-0.4, -0.2) is 36.6 Å². The Balaban J connectivity index is 1.72. The third-order valence-electron chi connectivity index (χ3n) is 5.26. The number of rotatable bonds is 7. The second-order valence-corrected chi connectivity index (χ2v) is 6.58. The minimum Gasteiger partial charge on any atom is -0.497 e. The van der Waals surface area contributed by atoms with Crippen molar-refractivity contribution in [3.8, 4) is 0 Å². The molecule has 3 saturated carbocycles. The first kappa shape index (κ1) is 17.2. The van der Waals surface area contributed by atoms with Crippen molar-refractivity contribution in [1.82, 2.24) is 0 Å². The van der Waals surface area contributed by atoms with Crippen LogP contribution >= 0.6 is 0 Å². The first-order valence-corrected chi connectivity index (χ1v) is 8.52. The van der Waals surface area contributed by atoms with Gasteiger partial charge in [-0.3, -0.25) is 0 Å². The molecular formula is C20H26O4. The molecule has 130 valence electrons. The summed E-state index contributed by atoms with van der Waals surface area (Å²) in [6.45, 7) is 4.63. The number of fused-ring (bicyclic) bond motifs is 3. The van der Waals surface area contributed by atoms with E-state index in [2.05, 4.69) is 18.7 Å². The van der Waals surface area contributed by atoms with Crippen LogP contribution in [0.1, 0.15) is 24.8 Å². The Labute approximate surface area is 143 Å². The van der Waals surface area contributed by atoms with Gasteiger partial charge >= 0.3 is 0 Å². The minimum atomic E-state index is -0.585. The van der Waals surface area contributed by atoms with Crippen molar-refractivity contribution >= 4 is 0 Å². The van der Waals surface area contributed by atoms with Crippen molar-refractivity contribution in [1.29, 1.82) is 0 Å². The molecule has 0 radical (unpaired) electrons. The predicted octanol–water partition coefficient (Wildman–Crippen LogP) is 3.22. The number of methoxy groups -OCH3 is 1. The molecule has 1 N–H and O–H groups in total. The normalized spacial score (nSPS) is 33.6. The lowest BCUT2D eigenvalue weighted by Crippen LogP contribution is -2.58. The molecule has 4 nitrogen and oxygen atoms in total. The summed E-state index contributed by atoms with van der Waals surface area (Å²) < 4.78 is 17.5. The van der Waals surface area contributed by atoms with Crippen molar-refractivity contribution in [3.05, 3.63) is 60.4 Å². The van der Waals surface area contributed by atoms with E-state index in [9.17, 15) is 5.11 Å². The quantitative estimate of drug-likeness (QED) is 0.474. The number of aliphatic hydroxyl groups excluding tert-OH is 1.